The van der Waals surface area contributed by atoms with Crippen molar-refractivity contribution in [3.05, 3.63) is 54.1 Å². The predicted molar refractivity (Wildman–Crippen MR) is 131 cm³/mol. The summed E-state index contributed by atoms with van der Waals surface area (Å²) in [6, 6.07) is 6.82. The number of ether oxygens (including phenoxy) is 1. The van der Waals surface area contributed by atoms with Crippen LogP contribution in [0.3, 0.4) is 0 Å². The largest absolute Gasteiger partial charge is 0.501 e. The second kappa shape index (κ2) is 12.6. The number of nitrogens with one attached hydrogen (secondary N) is 2. The van der Waals surface area contributed by atoms with Crippen LogP contribution in [0.1, 0.15) is 38.2 Å². The zero-order chi connectivity index (χ0) is 25.2. The number of carbonyl (C=O) groups excluding carboxylic acids is 4. The van der Waals surface area contributed by atoms with Crippen LogP contribution in [0.4, 0.5) is 4.79 Å². The molecule has 1 unspecified atom stereocenters. The lowest BCUT2D eigenvalue weighted by atomic mass is 9.94. The van der Waals surface area contributed by atoms with E-state index in [2.05, 4.69) is 10.6 Å². The number of benzene rings is 1. The quantitative estimate of drug-likeness (QED) is 0.351. The lowest BCUT2D eigenvalue weighted by Crippen LogP contribution is -2.56. The van der Waals surface area contributed by atoms with Crippen molar-refractivity contribution < 1.29 is 28.5 Å². The highest BCUT2D eigenvalue weighted by atomic mass is 16.5. The first-order chi connectivity index (χ1) is 16.9. The number of carbonyl (C=O) groups is 4. The molecule has 35 heavy (non-hydrogen) atoms. The summed E-state index contributed by atoms with van der Waals surface area (Å²) < 4.78 is 6.50. The fourth-order valence-electron chi connectivity index (χ4n) is 3.93. The Morgan fingerprint density at radius 1 is 1.06 bits per heavy atom. The van der Waals surface area contributed by atoms with Gasteiger partial charge in [0.1, 0.15) is 17.4 Å². The van der Waals surface area contributed by atoms with Crippen LogP contribution in [-0.2, 0) is 20.9 Å². The van der Waals surface area contributed by atoms with E-state index in [4.69, 9.17) is 4.74 Å². The molecule has 0 radical (unpaired) electrons. The molecule has 2 aliphatic rings. The van der Waals surface area contributed by atoms with Crippen LogP contribution in [0.2, 0.25) is 0 Å². The first-order valence-corrected chi connectivity index (χ1v) is 12.0. The minimum Gasteiger partial charge on any atom is -0.497 e. The first-order valence-electron chi connectivity index (χ1n) is 12.0. The molecule has 5 amide bonds. The number of methoxy groups -OCH3 is 1. The molecule has 1 aliphatic carbocycles. The van der Waals surface area contributed by atoms with E-state index in [1.807, 2.05) is 31.2 Å². The number of hydrogen-bond acceptors (Lipinski definition) is 5. The number of hydrogen-bond donors (Lipinski definition) is 2. The van der Waals surface area contributed by atoms with E-state index in [1.54, 1.807) is 31.4 Å². The van der Waals surface area contributed by atoms with Crippen LogP contribution in [0.15, 0.2) is 48.6 Å². The van der Waals surface area contributed by atoms with E-state index in [-0.39, 0.29) is 30.8 Å². The third-order valence-electron chi connectivity index (χ3n) is 5.86. The number of unbranched alkanes of at least 4 members (excludes halogenated alkanes) is 1. The molecule has 0 saturated carbocycles. The zero-order valence-corrected chi connectivity index (χ0v) is 20.3. The van der Waals surface area contributed by atoms with E-state index < -0.39 is 11.9 Å². The summed E-state index contributed by atoms with van der Waals surface area (Å²) in [6.07, 6.45) is 9.23. The van der Waals surface area contributed by atoms with Crippen LogP contribution in [0.5, 0.6) is 5.75 Å². The Hall–Kier alpha value is -3.75. The second-order valence-electron chi connectivity index (χ2n) is 8.44. The van der Waals surface area contributed by atoms with Crippen LogP contribution in [-0.4, -0.2) is 65.7 Å². The number of amides is 5. The predicted octanol–water partition coefficient (Wildman–Crippen LogP) is 2.17. The Kier molecular flexibility index (Phi) is 9.34. The van der Waals surface area contributed by atoms with Gasteiger partial charge in [-0.15, -0.1) is 0 Å². The summed E-state index contributed by atoms with van der Waals surface area (Å²) >= 11 is 0. The smallest absolute Gasteiger partial charge is 0.497 e. The van der Waals surface area contributed by atoms with Gasteiger partial charge < -0.3 is 15.4 Å². The summed E-state index contributed by atoms with van der Waals surface area (Å²) in [5.41, 5.74) is 1.40. The Morgan fingerprint density at radius 2 is 1.83 bits per heavy atom. The molecule has 1 atom stereocenters. The first kappa shape index (κ1) is 25.9. The Morgan fingerprint density at radius 3 is 2.54 bits per heavy atom. The van der Waals surface area contributed by atoms with Crippen molar-refractivity contribution in [3.63, 3.8) is 0 Å². The molecule has 1 heterocycles. The van der Waals surface area contributed by atoms with Gasteiger partial charge in [-0.2, -0.15) is 14.3 Å². The molecule has 186 valence electrons. The van der Waals surface area contributed by atoms with E-state index in [1.165, 1.54) is 9.48 Å². The SMILES string of the molecule is CCCNC(=O)CCCCN1C(=O)C2C=CC=CC2=[N+](CC(=O)NCc2ccc(OC)cc2)C1=O. The van der Waals surface area contributed by atoms with Crippen LogP contribution in [0, 0.1) is 5.92 Å². The van der Waals surface area contributed by atoms with Crippen molar-refractivity contribution in [2.75, 3.05) is 26.7 Å². The molecular weight excluding hydrogens is 448 g/mol. The fourth-order valence-corrected chi connectivity index (χ4v) is 3.93. The summed E-state index contributed by atoms with van der Waals surface area (Å²) in [4.78, 5) is 51.9. The third-order valence-corrected chi connectivity index (χ3v) is 5.86. The maximum atomic E-state index is 13.2. The lowest BCUT2D eigenvalue weighted by molar-refractivity contribution is -0.428. The topological polar surface area (TPSA) is 108 Å². The van der Waals surface area contributed by atoms with Crippen molar-refractivity contribution in [1.82, 2.24) is 15.5 Å². The minimum absolute atomic E-state index is 0.0331. The molecule has 0 spiro atoms. The van der Waals surface area contributed by atoms with Crippen molar-refractivity contribution in [3.8, 4) is 5.75 Å². The molecule has 9 nitrogen and oxygen atoms in total. The van der Waals surface area contributed by atoms with Gasteiger partial charge in [0.05, 0.1) is 13.7 Å². The average Bonchev–Trinajstić information content (AvgIpc) is 2.88. The summed E-state index contributed by atoms with van der Waals surface area (Å²) in [7, 11) is 1.59. The van der Waals surface area contributed by atoms with E-state index in [9.17, 15) is 19.2 Å². The zero-order valence-electron chi connectivity index (χ0n) is 20.3. The molecule has 2 N–H and O–H groups in total. The maximum absolute atomic E-state index is 13.2. The molecule has 1 aromatic carbocycles. The van der Waals surface area contributed by atoms with Gasteiger partial charge in [-0.3, -0.25) is 9.59 Å². The normalized spacial score (nSPS) is 16.9. The number of allylic oxidation sites excluding steroid dienone is 3. The summed E-state index contributed by atoms with van der Waals surface area (Å²) in [5.74, 6) is -0.555. The number of urea groups is 1. The molecule has 1 aliphatic heterocycles. The second-order valence-corrected chi connectivity index (χ2v) is 8.44. The number of nitrogens with zero attached hydrogens (tertiary/aromatic N) is 2. The Bertz CT molecular complexity index is 1040. The average molecular weight is 482 g/mol. The third kappa shape index (κ3) is 6.88. The Labute approximate surface area is 205 Å². The van der Waals surface area contributed by atoms with Crippen molar-refractivity contribution in [1.29, 1.82) is 0 Å². The van der Waals surface area contributed by atoms with E-state index in [0.717, 1.165) is 17.7 Å². The summed E-state index contributed by atoms with van der Waals surface area (Å²) in [6.45, 7) is 2.94. The monoisotopic (exact) mass is 481 g/mol. The molecule has 0 aromatic heterocycles. The Balaban J connectivity index is 1.62. The van der Waals surface area contributed by atoms with Crippen LogP contribution < -0.4 is 15.4 Å². The molecular formula is C26H33N4O5+. The standard InChI is InChI=1S/C26H32N4O5/c1-3-15-27-23(31)10-6-7-16-29-25(33)21-8-4-5-9-22(21)30(26(29)34)18-24(32)28-17-19-11-13-20(35-2)14-12-19/h4-5,8-9,11-14,21H,3,6-7,10,15-18H2,1-2H3,(H-,27,28,31,32)/p+1. The molecule has 3 rings (SSSR count). The van der Waals surface area contributed by atoms with Crippen molar-refractivity contribution in [2.45, 2.75) is 39.2 Å². The lowest BCUT2D eigenvalue weighted by Gasteiger charge is -2.26. The van der Waals surface area contributed by atoms with Gasteiger partial charge >= 0.3 is 11.9 Å². The van der Waals surface area contributed by atoms with Gasteiger partial charge in [-0.25, -0.2) is 4.79 Å². The molecule has 1 aromatic rings. The molecule has 0 fully saturated rings. The highest BCUT2D eigenvalue weighted by Gasteiger charge is 2.46. The van der Waals surface area contributed by atoms with Gasteiger partial charge in [0.15, 0.2) is 6.54 Å². The molecule has 9 heteroatoms. The number of imide groups is 1. The van der Waals surface area contributed by atoms with Crippen molar-refractivity contribution >= 4 is 29.5 Å². The maximum Gasteiger partial charge on any atom is 0.501 e. The van der Waals surface area contributed by atoms with Crippen LogP contribution >= 0.6 is 0 Å². The van der Waals surface area contributed by atoms with Gasteiger partial charge in [0.2, 0.25) is 5.91 Å². The van der Waals surface area contributed by atoms with Gasteiger partial charge in [0.25, 0.3) is 5.91 Å². The van der Waals surface area contributed by atoms with Crippen LogP contribution in [0.25, 0.3) is 0 Å². The van der Waals surface area contributed by atoms with E-state index in [0.29, 0.717) is 38.1 Å². The molecule has 0 bridgehead atoms. The van der Waals surface area contributed by atoms with Gasteiger partial charge in [-0.05, 0) is 43.0 Å². The minimum atomic E-state index is -0.611. The highest BCUT2D eigenvalue weighted by molar-refractivity contribution is 6.16. The van der Waals surface area contributed by atoms with Gasteiger partial charge in [0, 0.05) is 19.5 Å². The number of rotatable bonds is 12. The summed E-state index contributed by atoms with van der Waals surface area (Å²) in [5, 5.41) is 5.65. The highest BCUT2D eigenvalue weighted by Crippen LogP contribution is 2.20. The number of fused-ring (bicyclic) bond motifs is 1. The molecule has 0 saturated heterocycles. The van der Waals surface area contributed by atoms with E-state index >= 15 is 0 Å². The van der Waals surface area contributed by atoms with Gasteiger partial charge in [-0.1, -0.05) is 37.3 Å². The van der Waals surface area contributed by atoms with Crippen molar-refractivity contribution in [2.24, 2.45) is 5.92 Å². The fraction of sp³-hybridized carbons (Fsp3) is 0.423.